The molecule has 35 heavy (non-hydrogen) atoms. The van der Waals surface area contributed by atoms with E-state index in [4.69, 9.17) is 22.3 Å². The van der Waals surface area contributed by atoms with Crippen LogP contribution in [-0.4, -0.2) is 77.1 Å². The van der Waals surface area contributed by atoms with Crippen molar-refractivity contribution in [2.45, 2.75) is 89.4 Å². The van der Waals surface area contributed by atoms with Crippen molar-refractivity contribution < 1.29 is 34.2 Å². The molecule has 0 aliphatic carbocycles. The van der Waals surface area contributed by atoms with Crippen molar-refractivity contribution in [3.63, 3.8) is 0 Å². The van der Waals surface area contributed by atoms with Crippen molar-refractivity contribution in [1.29, 1.82) is 0 Å². The normalized spacial score (nSPS) is 14.5. The molecule has 0 aromatic carbocycles. The number of carboxylic acid groups (broad SMARTS) is 2. The topological polar surface area (TPSA) is 240 Å². The van der Waals surface area contributed by atoms with E-state index in [9.17, 15) is 29.1 Å². The van der Waals surface area contributed by atoms with Gasteiger partial charge < -0.3 is 43.4 Å². The summed E-state index contributed by atoms with van der Waals surface area (Å²) in [4.78, 5) is 60.5. The van der Waals surface area contributed by atoms with E-state index in [1.165, 1.54) is 0 Å². The van der Waals surface area contributed by atoms with Gasteiger partial charge >= 0.3 is 11.9 Å². The van der Waals surface area contributed by atoms with E-state index in [0.29, 0.717) is 38.8 Å². The zero-order chi connectivity index (χ0) is 27.0. The minimum absolute atomic E-state index is 0.178. The van der Waals surface area contributed by atoms with Gasteiger partial charge in [0, 0.05) is 6.42 Å². The lowest BCUT2D eigenvalue weighted by atomic mass is 10.0. The van der Waals surface area contributed by atoms with Crippen LogP contribution < -0.4 is 33.2 Å². The second-order valence-electron chi connectivity index (χ2n) is 8.80. The van der Waals surface area contributed by atoms with E-state index in [1.54, 1.807) is 13.8 Å². The summed E-state index contributed by atoms with van der Waals surface area (Å²) in [6.07, 6.45) is 2.26. The monoisotopic (exact) mass is 502 g/mol. The largest absolute Gasteiger partial charge is 0.481 e. The van der Waals surface area contributed by atoms with Crippen LogP contribution in [0.2, 0.25) is 0 Å². The zero-order valence-corrected chi connectivity index (χ0v) is 20.6. The SMILES string of the molecule is CC(C)C(NC(=O)C(N)CCCCN)C(=O)NC(CCCCN)C(=O)NC(CCC(=O)O)C(=O)O. The summed E-state index contributed by atoms with van der Waals surface area (Å²) in [7, 11) is 0. The molecule has 0 spiro atoms. The van der Waals surface area contributed by atoms with Crippen molar-refractivity contribution >= 4 is 29.7 Å². The number of hydrogen-bond acceptors (Lipinski definition) is 8. The van der Waals surface area contributed by atoms with Crippen LogP contribution in [0.4, 0.5) is 0 Å². The molecule has 3 amide bonds. The summed E-state index contributed by atoms with van der Waals surface area (Å²) in [5, 5.41) is 25.6. The van der Waals surface area contributed by atoms with Crippen molar-refractivity contribution in [2.75, 3.05) is 13.1 Å². The number of amides is 3. The third kappa shape index (κ3) is 13.6. The van der Waals surface area contributed by atoms with Crippen LogP contribution in [0.15, 0.2) is 0 Å². The average molecular weight is 503 g/mol. The lowest BCUT2D eigenvalue weighted by Gasteiger charge is -2.27. The first-order valence-electron chi connectivity index (χ1n) is 12.0. The molecule has 0 heterocycles. The molecule has 0 bridgehead atoms. The first-order valence-corrected chi connectivity index (χ1v) is 12.0. The predicted octanol–water partition coefficient (Wildman–Crippen LogP) is -1.37. The van der Waals surface area contributed by atoms with Crippen LogP contribution in [-0.2, 0) is 24.0 Å². The highest BCUT2D eigenvalue weighted by molar-refractivity contribution is 5.94. The minimum atomic E-state index is -1.43. The Hall–Kier alpha value is -2.77. The number of hydrogen-bond donors (Lipinski definition) is 8. The number of carbonyl (C=O) groups is 5. The summed E-state index contributed by atoms with van der Waals surface area (Å²) in [5.74, 6) is -4.80. The fraction of sp³-hybridized carbons (Fsp3) is 0.773. The molecule has 0 aliphatic rings. The Balaban J connectivity index is 5.38. The predicted molar refractivity (Wildman–Crippen MR) is 129 cm³/mol. The summed E-state index contributed by atoms with van der Waals surface area (Å²) < 4.78 is 0. The smallest absolute Gasteiger partial charge is 0.326 e. The fourth-order valence-corrected chi connectivity index (χ4v) is 3.26. The van der Waals surface area contributed by atoms with Gasteiger partial charge in [0.2, 0.25) is 17.7 Å². The second kappa shape index (κ2) is 17.6. The van der Waals surface area contributed by atoms with Gasteiger partial charge in [0.1, 0.15) is 18.1 Å². The molecule has 0 aromatic heterocycles. The molecule has 0 saturated heterocycles. The van der Waals surface area contributed by atoms with E-state index < -0.39 is 60.2 Å². The van der Waals surface area contributed by atoms with E-state index in [-0.39, 0.29) is 18.8 Å². The molecule has 11 N–H and O–H groups in total. The van der Waals surface area contributed by atoms with Crippen LogP contribution in [0, 0.1) is 5.92 Å². The standard InChI is InChI=1S/C22H42N6O7/c1-13(2)18(28-19(31)14(25)7-3-5-11-23)21(33)26-15(8-4-6-12-24)20(32)27-16(22(34)35)9-10-17(29)30/h13-16,18H,3-12,23-25H2,1-2H3,(H,26,33)(H,27,32)(H,28,31)(H,29,30)(H,34,35). The molecule has 0 rings (SSSR count). The molecule has 0 radical (unpaired) electrons. The maximum atomic E-state index is 13.0. The maximum Gasteiger partial charge on any atom is 0.326 e. The van der Waals surface area contributed by atoms with Crippen LogP contribution >= 0.6 is 0 Å². The maximum absolute atomic E-state index is 13.0. The van der Waals surface area contributed by atoms with Gasteiger partial charge in [-0.1, -0.05) is 20.3 Å². The summed E-state index contributed by atoms with van der Waals surface area (Å²) >= 11 is 0. The Morgan fingerprint density at radius 1 is 0.714 bits per heavy atom. The lowest BCUT2D eigenvalue weighted by Crippen LogP contribution is -2.58. The highest BCUT2D eigenvalue weighted by Crippen LogP contribution is 2.08. The Bertz CT molecular complexity index is 704. The molecule has 202 valence electrons. The van der Waals surface area contributed by atoms with Gasteiger partial charge in [0.15, 0.2) is 0 Å². The summed E-state index contributed by atoms with van der Waals surface area (Å²) in [6.45, 7) is 4.30. The number of nitrogens with two attached hydrogens (primary N) is 3. The number of rotatable bonds is 19. The first kappa shape index (κ1) is 32.2. The Morgan fingerprint density at radius 3 is 1.74 bits per heavy atom. The van der Waals surface area contributed by atoms with Gasteiger partial charge in [-0.15, -0.1) is 0 Å². The van der Waals surface area contributed by atoms with E-state index in [1.807, 2.05) is 0 Å². The molecule has 0 aliphatic heterocycles. The van der Waals surface area contributed by atoms with Crippen molar-refractivity contribution in [2.24, 2.45) is 23.1 Å². The first-order chi connectivity index (χ1) is 16.4. The second-order valence-corrected chi connectivity index (χ2v) is 8.80. The minimum Gasteiger partial charge on any atom is -0.481 e. The molecule has 0 aromatic rings. The van der Waals surface area contributed by atoms with Crippen molar-refractivity contribution in [3.05, 3.63) is 0 Å². The molecular weight excluding hydrogens is 460 g/mol. The third-order valence-electron chi connectivity index (χ3n) is 5.39. The van der Waals surface area contributed by atoms with Gasteiger partial charge in [0.25, 0.3) is 0 Å². The van der Waals surface area contributed by atoms with E-state index in [2.05, 4.69) is 16.0 Å². The number of carboxylic acids is 2. The van der Waals surface area contributed by atoms with Crippen molar-refractivity contribution in [3.8, 4) is 0 Å². The quantitative estimate of drug-likeness (QED) is 0.0963. The highest BCUT2D eigenvalue weighted by atomic mass is 16.4. The van der Waals surface area contributed by atoms with Gasteiger partial charge in [-0.2, -0.15) is 0 Å². The summed E-state index contributed by atoms with van der Waals surface area (Å²) in [5.41, 5.74) is 16.9. The van der Waals surface area contributed by atoms with Gasteiger partial charge in [-0.3, -0.25) is 19.2 Å². The summed E-state index contributed by atoms with van der Waals surface area (Å²) in [6, 6.07) is -4.32. The molecule has 4 unspecified atom stereocenters. The molecule has 0 saturated carbocycles. The van der Waals surface area contributed by atoms with Crippen LogP contribution in [0.1, 0.15) is 65.2 Å². The van der Waals surface area contributed by atoms with Gasteiger partial charge in [-0.25, -0.2) is 4.79 Å². The van der Waals surface area contributed by atoms with E-state index >= 15 is 0 Å². The van der Waals surface area contributed by atoms with Gasteiger partial charge in [-0.05, 0) is 57.5 Å². The van der Waals surface area contributed by atoms with Crippen LogP contribution in [0.25, 0.3) is 0 Å². The third-order valence-corrected chi connectivity index (χ3v) is 5.39. The van der Waals surface area contributed by atoms with Gasteiger partial charge in [0.05, 0.1) is 6.04 Å². The number of nitrogens with one attached hydrogen (secondary N) is 3. The Kier molecular flexibility index (Phi) is 16.2. The molecule has 0 fully saturated rings. The molecular formula is C22H42N6O7. The molecule has 13 heteroatoms. The molecule has 4 atom stereocenters. The number of unbranched alkanes of at least 4 members (excludes halogenated alkanes) is 2. The average Bonchev–Trinajstić information content (AvgIpc) is 2.78. The lowest BCUT2D eigenvalue weighted by molar-refractivity contribution is -0.143. The Morgan fingerprint density at radius 2 is 1.26 bits per heavy atom. The number of aliphatic carboxylic acids is 2. The van der Waals surface area contributed by atoms with Crippen molar-refractivity contribution in [1.82, 2.24) is 16.0 Å². The van der Waals surface area contributed by atoms with Crippen LogP contribution in [0.3, 0.4) is 0 Å². The zero-order valence-electron chi connectivity index (χ0n) is 20.6. The molecule has 13 nitrogen and oxygen atoms in total. The number of carbonyl (C=O) groups excluding carboxylic acids is 3. The highest BCUT2D eigenvalue weighted by Gasteiger charge is 2.31. The van der Waals surface area contributed by atoms with E-state index in [0.717, 1.165) is 6.42 Å². The van der Waals surface area contributed by atoms with Crippen LogP contribution in [0.5, 0.6) is 0 Å². The fourth-order valence-electron chi connectivity index (χ4n) is 3.26. The Labute approximate surface area is 205 Å².